The number of alkyl halides is 3. The number of halogens is 4. The average Bonchev–Trinajstić information content (AvgIpc) is 2.87. The van der Waals surface area contributed by atoms with Gasteiger partial charge in [0, 0.05) is 11.6 Å². The summed E-state index contributed by atoms with van der Waals surface area (Å²) in [4.78, 5) is 12.3. The van der Waals surface area contributed by atoms with Gasteiger partial charge in [-0.2, -0.15) is 13.2 Å². The molecule has 0 unspecified atom stereocenters. The van der Waals surface area contributed by atoms with Crippen molar-refractivity contribution < 1.29 is 18.0 Å². The molecule has 3 nitrogen and oxygen atoms in total. The van der Waals surface area contributed by atoms with Crippen molar-refractivity contribution in [3.8, 4) is 0 Å². The lowest BCUT2D eigenvalue weighted by molar-refractivity contribution is -0.127. The molecule has 0 radical (unpaired) electrons. The molecule has 1 aliphatic carbocycles. The van der Waals surface area contributed by atoms with Crippen LogP contribution in [0.5, 0.6) is 0 Å². The molecule has 1 saturated carbocycles. The van der Waals surface area contributed by atoms with Crippen molar-refractivity contribution in [2.75, 3.05) is 11.9 Å². The predicted molar refractivity (Wildman–Crippen MR) is 82.0 cm³/mol. The maximum absolute atomic E-state index is 12.5. The molecule has 0 saturated heterocycles. The first-order valence-corrected chi connectivity index (χ1v) is 7.06. The third-order valence-corrected chi connectivity index (χ3v) is 3.96. The fraction of sp³-hybridized carbons (Fsp3) is 0.533. The van der Waals surface area contributed by atoms with Crippen LogP contribution in [-0.2, 0) is 11.2 Å². The second-order valence-electron chi connectivity index (χ2n) is 5.47. The predicted octanol–water partition coefficient (Wildman–Crippen LogP) is 3.53. The Labute approximate surface area is 133 Å². The van der Waals surface area contributed by atoms with Crippen LogP contribution in [0.15, 0.2) is 24.3 Å². The van der Waals surface area contributed by atoms with Gasteiger partial charge in [0.1, 0.15) is 0 Å². The Morgan fingerprint density at radius 3 is 2.59 bits per heavy atom. The maximum Gasteiger partial charge on any atom is 0.393 e. The van der Waals surface area contributed by atoms with E-state index >= 15 is 0 Å². The fourth-order valence-electron chi connectivity index (χ4n) is 2.90. The molecular formula is C15H20ClF3N2O. The molecule has 0 spiro atoms. The van der Waals surface area contributed by atoms with Crippen molar-refractivity contribution in [1.29, 1.82) is 0 Å². The van der Waals surface area contributed by atoms with Crippen molar-refractivity contribution in [2.24, 2.45) is 17.6 Å². The second-order valence-corrected chi connectivity index (χ2v) is 5.47. The SMILES string of the molecule is Cl.NC[C@H]1CCC[C@H]1C(=O)Nc1ccccc1CC(F)(F)F. The van der Waals surface area contributed by atoms with E-state index in [-0.39, 0.29) is 41.4 Å². The summed E-state index contributed by atoms with van der Waals surface area (Å²) >= 11 is 0. The van der Waals surface area contributed by atoms with E-state index in [2.05, 4.69) is 5.32 Å². The molecule has 0 aliphatic heterocycles. The summed E-state index contributed by atoms with van der Waals surface area (Å²) in [6.45, 7) is 0.433. The second kappa shape index (κ2) is 7.83. The summed E-state index contributed by atoms with van der Waals surface area (Å²) in [6, 6.07) is 6.04. The van der Waals surface area contributed by atoms with Crippen LogP contribution in [0.25, 0.3) is 0 Å². The van der Waals surface area contributed by atoms with Gasteiger partial charge in [0.25, 0.3) is 0 Å². The van der Waals surface area contributed by atoms with Crippen molar-refractivity contribution in [3.63, 3.8) is 0 Å². The van der Waals surface area contributed by atoms with Crippen LogP contribution in [0.2, 0.25) is 0 Å². The maximum atomic E-state index is 12.5. The molecule has 1 aliphatic rings. The van der Waals surface area contributed by atoms with Gasteiger partial charge in [0.15, 0.2) is 0 Å². The normalized spacial score (nSPS) is 21.3. The highest BCUT2D eigenvalue weighted by molar-refractivity contribution is 5.93. The van der Waals surface area contributed by atoms with Crippen molar-refractivity contribution >= 4 is 24.0 Å². The van der Waals surface area contributed by atoms with Crippen LogP contribution < -0.4 is 11.1 Å². The summed E-state index contributed by atoms with van der Waals surface area (Å²) in [5.74, 6) is -0.300. The van der Waals surface area contributed by atoms with Gasteiger partial charge in [0.2, 0.25) is 5.91 Å². The number of carbonyl (C=O) groups is 1. The molecule has 124 valence electrons. The van der Waals surface area contributed by atoms with Crippen LogP contribution in [0, 0.1) is 11.8 Å². The van der Waals surface area contributed by atoms with E-state index < -0.39 is 12.6 Å². The average molecular weight is 337 g/mol. The molecule has 1 amide bonds. The van der Waals surface area contributed by atoms with Crippen molar-refractivity contribution in [3.05, 3.63) is 29.8 Å². The first-order valence-electron chi connectivity index (χ1n) is 7.06. The molecular weight excluding hydrogens is 317 g/mol. The Morgan fingerprint density at radius 2 is 1.95 bits per heavy atom. The van der Waals surface area contributed by atoms with Crippen molar-refractivity contribution in [2.45, 2.75) is 31.9 Å². The van der Waals surface area contributed by atoms with Crippen LogP contribution in [0.3, 0.4) is 0 Å². The van der Waals surface area contributed by atoms with Crippen LogP contribution in [0.4, 0.5) is 18.9 Å². The Hall–Kier alpha value is -1.27. The number of amides is 1. The van der Waals surface area contributed by atoms with Gasteiger partial charge in [-0.05, 0) is 36.9 Å². The minimum Gasteiger partial charge on any atom is -0.330 e. The lowest BCUT2D eigenvalue weighted by Gasteiger charge is -2.19. The number of para-hydroxylation sites is 1. The number of rotatable bonds is 4. The largest absolute Gasteiger partial charge is 0.393 e. The molecule has 2 rings (SSSR count). The lowest BCUT2D eigenvalue weighted by Crippen LogP contribution is -2.30. The highest BCUT2D eigenvalue weighted by Gasteiger charge is 2.33. The lowest BCUT2D eigenvalue weighted by atomic mass is 9.95. The highest BCUT2D eigenvalue weighted by atomic mass is 35.5. The Morgan fingerprint density at radius 1 is 1.27 bits per heavy atom. The van der Waals surface area contributed by atoms with Crippen LogP contribution in [-0.4, -0.2) is 18.6 Å². The van der Waals surface area contributed by atoms with Crippen LogP contribution >= 0.6 is 12.4 Å². The number of benzene rings is 1. The van der Waals surface area contributed by atoms with E-state index in [9.17, 15) is 18.0 Å². The molecule has 2 atom stereocenters. The standard InChI is InChI=1S/C15H19F3N2O.ClH/c16-15(17,18)8-10-4-1-2-7-13(10)20-14(21)12-6-3-5-11(12)9-19;/h1-2,4,7,11-12H,3,5-6,8-9,19H2,(H,20,21);1H/t11-,12-;/m1./s1. The zero-order valence-electron chi connectivity index (χ0n) is 12.0. The summed E-state index contributed by atoms with van der Waals surface area (Å²) in [5, 5.41) is 2.64. The zero-order chi connectivity index (χ0) is 15.5. The summed E-state index contributed by atoms with van der Waals surface area (Å²) in [5.41, 5.74) is 5.96. The van der Waals surface area contributed by atoms with E-state index in [1.54, 1.807) is 6.07 Å². The number of hydrogen-bond acceptors (Lipinski definition) is 2. The third kappa shape index (κ3) is 4.88. The molecule has 3 N–H and O–H groups in total. The zero-order valence-corrected chi connectivity index (χ0v) is 12.8. The van der Waals surface area contributed by atoms with Gasteiger partial charge < -0.3 is 11.1 Å². The number of carbonyl (C=O) groups excluding carboxylic acids is 1. The fourth-order valence-corrected chi connectivity index (χ4v) is 2.90. The van der Waals surface area contributed by atoms with Gasteiger partial charge in [0.05, 0.1) is 6.42 Å². The number of hydrogen-bond donors (Lipinski definition) is 2. The minimum atomic E-state index is -4.30. The third-order valence-electron chi connectivity index (χ3n) is 3.96. The first kappa shape index (κ1) is 18.8. The van der Waals surface area contributed by atoms with Crippen LogP contribution in [0.1, 0.15) is 24.8 Å². The van der Waals surface area contributed by atoms with Gasteiger partial charge >= 0.3 is 6.18 Å². The Kier molecular flexibility index (Phi) is 6.68. The Bertz CT molecular complexity index is 508. The Balaban J connectivity index is 0.00000242. The van der Waals surface area contributed by atoms with E-state index in [0.717, 1.165) is 19.3 Å². The van der Waals surface area contributed by atoms with Crippen molar-refractivity contribution in [1.82, 2.24) is 0 Å². The van der Waals surface area contributed by atoms with E-state index in [1.807, 2.05) is 0 Å². The quantitative estimate of drug-likeness (QED) is 0.883. The summed E-state index contributed by atoms with van der Waals surface area (Å²) in [7, 11) is 0. The number of anilines is 1. The minimum absolute atomic E-state index is 0. The van der Waals surface area contributed by atoms with Gasteiger partial charge in [-0.3, -0.25) is 4.79 Å². The smallest absolute Gasteiger partial charge is 0.330 e. The van der Waals surface area contributed by atoms with Gasteiger partial charge in [-0.15, -0.1) is 12.4 Å². The number of nitrogens with two attached hydrogens (primary N) is 1. The topological polar surface area (TPSA) is 55.1 Å². The highest BCUT2D eigenvalue weighted by Crippen LogP contribution is 2.33. The van der Waals surface area contributed by atoms with E-state index in [1.165, 1.54) is 18.2 Å². The summed E-state index contributed by atoms with van der Waals surface area (Å²) in [6.07, 6.45) is -2.76. The molecule has 1 aromatic rings. The van der Waals surface area contributed by atoms with Gasteiger partial charge in [-0.25, -0.2) is 0 Å². The molecule has 0 heterocycles. The number of nitrogens with one attached hydrogen (secondary N) is 1. The summed E-state index contributed by atoms with van der Waals surface area (Å²) < 4.78 is 37.6. The molecule has 22 heavy (non-hydrogen) atoms. The molecule has 0 aromatic heterocycles. The molecule has 1 fully saturated rings. The van der Waals surface area contributed by atoms with Gasteiger partial charge in [-0.1, -0.05) is 24.6 Å². The molecule has 1 aromatic carbocycles. The monoisotopic (exact) mass is 336 g/mol. The first-order chi connectivity index (χ1) is 9.90. The van der Waals surface area contributed by atoms with E-state index in [4.69, 9.17) is 5.73 Å². The molecule has 0 bridgehead atoms. The molecule has 7 heteroatoms. The van der Waals surface area contributed by atoms with E-state index in [0.29, 0.717) is 6.54 Å².